The number of nitrogen functional groups attached to an aromatic ring is 1. The number of allylic oxidation sites excluding steroid dienone is 3. The Kier molecular flexibility index (Phi) is 2.63. The second kappa shape index (κ2) is 4.00. The number of fused-ring (bicyclic) bond motifs is 1. The summed E-state index contributed by atoms with van der Waals surface area (Å²) in [6, 6.07) is 4.75. The fourth-order valence-corrected chi connectivity index (χ4v) is 2.03. The lowest BCUT2D eigenvalue weighted by Crippen LogP contribution is -2.25. The van der Waals surface area contributed by atoms with Crippen LogP contribution in [0.15, 0.2) is 54.3 Å². The lowest BCUT2D eigenvalue weighted by atomic mass is 9.82. The number of hydrogen-bond donors (Lipinski definition) is 2. The number of benzene rings is 1. The summed E-state index contributed by atoms with van der Waals surface area (Å²) in [6.07, 6.45) is 1.31. The molecule has 2 rings (SSSR count). The van der Waals surface area contributed by atoms with E-state index in [1.54, 1.807) is 18.2 Å². The largest absolute Gasteiger partial charge is 0.399 e. The second-order valence-corrected chi connectivity index (χ2v) is 3.95. The van der Waals surface area contributed by atoms with Gasteiger partial charge in [-0.3, -0.25) is 9.59 Å². The molecule has 18 heavy (non-hydrogen) atoms. The molecule has 1 aliphatic rings. The van der Waals surface area contributed by atoms with E-state index in [9.17, 15) is 9.59 Å². The van der Waals surface area contributed by atoms with Gasteiger partial charge in [0.25, 0.3) is 0 Å². The van der Waals surface area contributed by atoms with Gasteiger partial charge in [0.15, 0.2) is 11.6 Å². The Morgan fingerprint density at radius 2 is 1.89 bits per heavy atom. The van der Waals surface area contributed by atoms with Gasteiger partial charge in [-0.25, -0.2) is 0 Å². The predicted molar refractivity (Wildman–Crippen MR) is 70.1 cm³/mol. The van der Waals surface area contributed by atoms with E-state index in [4.69, 9.17) is 11.5 Å². The van der Waals surface area contributed by atoms with Crippen LogP contribution in [0.2, 0.25) is 0 Å². The van der Waals surface area contributed by atoms with Gasteiger partial charge in [0.05, 0.1) is 11.1 Å². The number of hydrogen-bond acceptors (Lipinski definition) is 4. The van der Waals surface area contributed by atoms with Gasteiger partial charge in [-0.2, -0.15) is 0 Å². The molecule has 1 aromatic carbocycles. The molecule has 4 nitrogen and oxygen atoms in total. The third-order valence-corrected chi connectivity index (χ3v) is 2.83. The maximum atomic E-state index is 12.3. The van der Waals surface area contributed by atoms with Gasteiger partial charge in [-0.15, -0.1) is 0 Å². The Balaban J connectivity index is 2.83. The summed E-state index contributed by atoms with van der Waals surface area (Å²) in [5.74, 6) is -0.696. The molecule has 0 saturated carbocycles. The number of ketones is 2. The second-order valence-electron chi connectivity index (χ2n) is 3.95. The zero-order valence-electron chi connectivity index (χ0n) is 9.69. The number of rotatable bonds is 2. The van der Waals surface area contributed by atoms with Crippen molar-refractivity contribution in [3.63, 3.8) is 0 Å². The minimum atomic E-state index is -0.348. The zero-order valence-corrected chi connectivity index (χ0v) is 9.69. The van der Waals surface area contributed by atoms with E-state index in [-0.39, 0.29) is 45.2 Å². The Bertz CT molecular complexity index is 639. The molecule has 0 saturated heterocycles. The summed E-state index contributed by atoms with van der Waals surface area (Å²) in [5.41, 5.74) is 12.4. The van der Waals surface area contributed by atoms with E-state index in [2.05, 4.69) is 13.2 Å². The third-order valence-electron chi connectivity index (χ3n) is 2.83. The van der Waals surface area contributed by atoms with Crippen molar-refractivity contribution in [1.82, 2.24) is 0 Å². The lowest BCUT2D eigenvalue weighted by Gasteiger charge is -2.20. The molecule has 90 valence electrons. The van der Waals surface area contributed by atoms with Crippen LogP contribution in [0, 0.1) is 0 Å². The SMILES string of the molecule is C=CC1=C(C(=C)N)C(=O)c2cccc(N)c2C1=O. The molecular weight excluding hydrogens is 228 g/mol. The first kappa shape index (κ1) is 11.9. The molecular formula is C14H12N2O2. The van der Waals surface area contributed by atoms with Crippen molar-refractivity contribution in [3.05, 3.63) is 65.4 Å². The molecule has 0 radical (unpaired) electrons. The molecule has 0 unspecified atom stereocenters. The van der Waals surface area contributed by atoms with Crippen LogP contribution in [0.25, 0.3) is 0 Å². The number of carbonyl (C=O) groups excluding carboxylic acids is 2. The highest BCUT2D eigenvalue weighted by molar-refractivity contribution is 6.30. The van der Waals surface area contributed by atoms with Crippen LogP contribution < -0.4 is 11.5 Å². The van der Waals surface area contributed by atoms with Crippen molar-refractivity contribution >= 4 is 17.3 Å². The highest BCUT2D eigenvalue weighted by Crippen LogP contribution is 2.31. The average Bonchev–Trinajstić information content (AvgIpc) is 2.32. The number of anilines is 1. The molecule has 0 spiro atoms. The summed E-state index contributed by atoms with van der Waals surface area (Å²) in [7, 11) is 0. The van der Waals surface area contributed by atoms with Crippen molar-refractivity contribution in [2.75, 3.05) is 5.73 Å². The molecule has 0 aliphatic heterocycles. The van der Waals surface area contributed by atoms with E-state index in [0.717, 1.165) is 0 Å². The van der Waals surface area contributed by atoms with E-state index in [1.165, 1.54) is 6.08 Å². The van der Waals surface area contributed by atoms with Crippen molar-refractivity contribution in [1.29, 1.82) is 0 Å². The monoisotopic (exact) mass is 240 g/mol. The van der Waals surface area contributed by atoms with Gasteiger partial charge >= 0.3 is 0 Å². The van der Waals surface area contributed by atoms with Gasteiger partial charge in [0.2, 0.25) is 0 Å². The van der Waals surface area contributed by atoms with Crippen LogP contribution in [0.5, 0.6) is 0 Å². The Morgan fingerprint density at radius 1 is 1.22 bits per heavy atom. The quantitative estimate of drug-likeness (QED) is 0.769. The highest BCUT2D eigenvalue weighted by atomic mass is 16.1. The van der Waals surface area contributed by atoms with Gasteiger partial charge in [0, 0.05) is 22.5 Å². The first-order valence-corrected chi connectivity index (χ1v) is 5.28. The minimum absolute atomic E-state index is 0.0522. The smallest absolute Gasteiger partial charge is 0.196 e. The summed E-state index contributed by atoms with van der Waals surface area (Å²) < 4.78 is 0. The molecule has 0 amide bonds. The van der Waals surface area contributed by atoms with E-state index in [1.807, 2.05) is 0 Å². The maximum Gasteiger partial charge on any atom is 0.196 e. The highest BCUT2D eigenvalue weighted by Gasteiger charge is 2.32. The molecule has 4 heteroatoms. The number of Topliss-reactive ketones (excluding diaryl/α,β-unsaturated/α-hetero) is 2. The molecule has 0 bridgehead atoms. The Hall–Kier alpha value is -2.62. The summed E-state index contributed by atoms with van der Waals surface area (Å²) >= 11 is 0. The minimum Gasteiger partial charge on any atom is -0.399 e. The third kappa shape index (κ3) is 1.47. The standard InChI is InChI=1S/C14H12N2O2/c1-3-8-11(7(2)15)14(18)9-5-4-6-10(16)12(9)13(8)17/h3-6H,1-2,15-16H2. The van der Waals surface area contributed by atoms with Crippen molar-refractivity contribution in [2.45, 2.75) is 0 Å². The normalized spacial score (nSPS) is 14.4. The van der Waals surface area contributed by atoms with Crippen LogP contribution in [-0.4, -0.2) is 11.6 Å². The summed E-state index contributed by atoms with van der Waals surface area (Å²) in [5, 5.41) is 0. The first-order chi connectivity index (χ1) is 8.49. The molecule has 0 heterocycles. The molecule has 0 aromatic heterocycles. The van der Waals surface area contributed by atoms with Gasteiger partial charge in [0.1, 0.15) is 0 Å². The van der Waals surface area contributed by atoms with Crippen molar-refractivity contribution in [3.8, 4) is 0 Å². The van der Waals surface area contributed by atoms with Crippen molar-refractivity contribution < 1.29 is 9.59 Å². The zero-order chi connectivity index (χ0) is 13.4. The fourth-order valence-electron chi connectivity index (χ4n) is 2.03. The molecule has 0 atom stereocenters. The van der Waals surface area contributed by atoms with Crippen LogP contribution in [-0.2, 0) is 0 Å². The summed E-state index contributed by atoms with van der Waals surface area (Å²) in [6.45, 7) is 7.06. The fraction of sp³-hybridized carbons (Fsp3) is 0. The predicted octanol–water partition coefficient (Wildman–Crippen LogP) is 1.60. The van der Waals surface area contributed by atoms with Crippen LogP contribution in [0.3, 0.4) is 0 Å². The first-order valence-electron chi connectivity index (χ1n) is 5.28. The van der Waals surface area contributed by atoms with Gasteiger partial charge in [-0.05, 0) is 6.07 Å². The van der Waals surface area contributed by atoms with Crippen LogP contribution in [0.4, 0.5) is 5.69 Å². The lowest BCUT2D eigenvalue weighted by molar-refractivity contribution is 0.0980. The van der Waals surface area contributed by atoms with Crippen LogP contribution in [0.1, 0.15) is 20.7 Å². The van der Waals surface area contributed by atoms with E-state index in [0.29, 0.717) is 0 Å². The Morgan fingerprint density at radius 3 is 2.44 bits per heavy atom. The molecule has 0 fully saturated rings. The Labute approximate surface area is 104 Å². The van der Waals surface area contributed by atoms with Crippen LogP contribution >= 0.6 is 0 Å². The van der Waals surface area contributed by atoms with Crippen molar-refractivity contribution in [2.24, 2.45) is 5.73 Å². The number of nitrogens with two attached hydrogens (primary N) is 2. The summed E-state index contributed by atoms with van der Waals surface area (Å²) in [4.78, 5) is 24.5. The van der Waals surface area contributed by atoms with E-state index >= 15 is 0 Å². The average molecular weight is 240 g/mol. The molecule has 4 N–H and O–H groups in total. The van der Waals surface area contributed by atoms with Gasteiger partial charge < -0.3 is 11.5 Å². The topological polar surface area (TPSA) is 86.2 Å². The maximum absolute atomic E-state index is 12.3. The van der Waals surface area contributed by atoms with E-state index < -0.39 is 0 Å². The molecule has 1 aliphatic carbocycles. The number of carbonyl (C=O) groups is 2. The van der Waals surface area contributed by atoms with Gasteiger partial charge in [-0.1, -0.05) is 31.4 Å². The molecule has 1 aromatic rings.